The van der Waals surface area contributed by atoms with Crippen LogP contribution in [0.5, 0.6) is 0 Å². The average molecular weight is 338 g/mol. The molecule has 0 aliphatic heterocycles. The number of thioether (sulfide) groups is 1. The number of hydrogen-bond acceptors (Lipinski definition) is 4. The summed E-state index contributed by atoms with van der Waals surface area (Å²) in [5.41, 5.74) is 5.55. The molecule has 0 radical (unpaired) electrons. The van der Waals surface area contributed by atoms with E-state index in [0.29, 0.717) is 23.4 Å². The van der Waals surface area contributed by atoms with Crippen molar-refractivity contribution in [3.63, 3.8) is 0 Å². The van der Waals surface area contributed by atoms with Gasteiger partial charge in [-0.25, -0.2) is 4.39 Å². The molecule has 4 nitrogen and oxygen atoms in total. The summed E-state index contributed by atoms with van der Waals surface area (Å²) in [6.07, 6.45) is 1.04. The molecular formula is C15H15FN2O2S2. The lowest BCUT2D eigenvalue weighted by atomic mass is 10.3. The minimum Gasteiger partial charge on any atom is -0.366 e. The van der Waals surface area contributed by atoms with Gasteiger partial charge in [0.15, 0.2) is 0 Å². The van der Waals surface area contributed by atoms with E-state index in [0.717, 1.165) is 10.6 Å². The molecule has 3 N–H and O–H groups in total. The maximum absolute atomic E-state index is 12.8. The molecule has 1 aromatic carbocycles. The van der Waals surface area contributed by atoms with Gasteiger partial charge >= 0.3 is 0 Å². The van der Waals surface area contributed by atoms with Crippen molar-refractivity contribution in [3.05, 3.63) is 47.1 Å². The summed E-state index contributed by atoms with van der Waals surface area (Å²) in [7, 11) is 0. The number of thiophene rings is 1. The Hall–Kier alpha value is -1.86. The van der Waals surface area contributed by atoms with Crippen molar-refractivity contribution in [2.24, 2.45) is 5.73 Å². The fourth-order valence-electron chi connectivity index (χ4n) is 1.74. The molecule has 0 aliphatic rings. The maximum Gasteiger partial charge on any atom is 0.251 e. The topological polar surface area (TPSA) is 72.2 Å². The molecule has 2 aromatic rings. The van der Waals surface area contributed by atoms with Crippen molar-refractivity contribution < 1.29 is 14.0 Å². The van der Waals surface area contributed by atoms with Gasteiger partial charge in [-0.05, 0) is 47.9 Å². The van der Waals surface area contributed by atoms with Gasteiger partial charge in [0, 0.05) is 11.3 Å². The molecule has 0 aliphatic carbocycles. The first kappa shape index (κ1) is 16.5. The van der Waals surface area contributed by atoms with E-state index in [1.807, 2.05) is 0 Å². The number of carbonyl (C=O) groups is 2. The first-order chi connectivity index (χ1) is 10.6. The van der Waals surface area contributed by atoms with Crippen LogP contribution in [0, 0.1) is 5.82 Å². The van der Waals surface area contributed by atoms with Crippen LogP contribution < -0.4 is 11.1 Å². The van der Waals surface area contributed by atoms with E-state index in [1.165, 1.54) is 23.5 Å². The number of nitrogens with two attached hydrogens (primary N) is 1. The summed E-state index contributed by atoms with van der Waals surface area (Å²) in [6, 6.07) is 7.84. The molecule has 0 saturated heterocycles. The van der Waals surface area contributed by atoms with Crippen LogP contribution in [-0.2, 0) is 4.79 Å². The third-order valence-corrected chi connectivity index (χ3v) is 4.74. The van der Waals surface area contributed by atoms with Gasteiger partial charge in [0.1, 0.15) is 10.8 Å². The van der Waals surface area contributed by atoms with E-state index in [4.69, 9.17) is 5.73 Å². The van der Waals surface area contributed by atoms with Gasteiger partial charge in [-0.1, -0.05) is 0 Å². The number of anilines is 1. The second-order valence-electron chi connectivity index (χ2n) is 4.48. The molecule has 116 valence electrons. The van der Waals surface area contributed by atoms with Gasteiger partial charge in [0.2, 0.25) is 5.91 Å². The Morgan fingerprint density at radius 2 is 1.95 bits per heavy atom. The minimum atomic E-state index is -0.552. The highest BCUT2D eigenvalue weighted by Crippen LogP contribution is 2.23. The zero-order valence-electron chi connectivity index (χ0n) is 11.7. The highest BCUT2D eigenvalue weighted by atomic mass is 32.2. The number of amides is 2. The second kappa shape index (κ2) is 7.95. The number of halogens is 1. The van der Waals surface area contributed by atoms with Crippen molar-refractivity contribution in [2.45, 2.75) is 17.7 Å². The van der Waals surface area contributed by atoms with Crippen LogP contribution in [0.2, 0.25) is 0 Å². The quantitative estimate of drug-likeness (QED) is 0.599. The Balaban J connectivity index is 1.73. The largest absolute Gasteiger partial charge is 0.366 e. The van der Waals surface area contributed by atoms with Crippen LogP contribution >= 0.6 is 23.1 Å². The van der Waals surface area contributed by atoms with Crippen molar-refractivity contribution in [2.75, 3.05) is 11.1 Å². The highest BCUT2D eigenvalue weighted by molar-refractivity contribution is 7.99. The summed E-state index contributed by atoms with van der Waals surface area (Å²) < 4.78 is 12.8. The van der Waals surface area contributed by atoms with Crippen molar-refractivity contribution >= 4 is 39.9 Å². The zero-order valence-corrected chi connectivity index (χ0v) is 13.3. The second-order valence-corrected chi connectivity index (χ2v) is 6.57. The number of hydrogen-bond donors (Lipinski definition) is 2. The molecule has 0 spiro atoms. The Morgan fingerprint density at radius 1 is 1.23 bits per heavy atom. The summed E-state index contributed by atoms with van der Waals surface area (Å²) in [5, 5.41) is 4.90. The van der Waals surface area contributed by atoms with Gasteiger partial charge in [-0.3, -0.25) is 9.59 Å². The molecule has 0 saturated carbocycles. The van der Waals surface area contributed by atoms with Gasteiger partial charge in [0.05, 0.1) is 5.56 Å². The summed E-state index contributed by atoms with van der Waals surface area (Å²) >= 11 is 2.84. The summed E-state index contributed by atoms with van der Waals surface area (Å²) in [6.45, 7) is 0. The van der Waals surface area contributed by atoms with Crippen LogP contribution in [0.3, 0.4) is 0 Å². The SMILES string of the molecule is NC(=O)c1ccsc1NC(=O)CCCSc1ccc(F)cc1. The number of nitrogens with one attached hydrogen (secondary N) is 1. The molecule has 1 heterocycles. The average Bonchev–Trinajstić information content (AvgIpc) is 2.94. The lowest BCUT2D eigenvalue weighted by Gasteiger charge is -2.05. The number of primary amides is 1. The van der Waals surface area contributed by atoms with Crippen molar-refractivity contribution in [1.29, 1.82) is 0 Å². The third kappa shape index (κ3) is 4.85. The van der Waals surface area contributed by atoms with E-state index >= 15 is 0 Å². The van der Waals surface area contributed by atoms with Crippen LogP contribution in [0.15, 0.2) is 40.6 Å². The molecular weight excluding hydrogens is 323 g/mol. The van der Waals surface area contributed by atoms with Gasteiger partial charge in [-0.2, -0.15) is 0 Å². The number of rotatable bonds is 7. The fraction of sp³-hybridized carbons (Fsp3) is 0.200. The summed E-state index contributed by atoms with van der Waals surface area (Å²) in [4.78, 5) is 23.9. The van der Waals surface area contributed by atoms with E-state index in [2.05, 4.69) is 5.32 Å². The third-order valence-electron chi connectivity index (χ3n) is 2.81. The van der Waals surface area contributed by atoms with Gasteiger partial charge in [-0.15, -0.1) is 23.1 Å². The molecule has 1 aromatic heterocycles. The Morgan fingerprint density at radius 3 is 2.64 bits per heavy atom. The Labute approximate surface area is 135 Å². The van der Waals surface area contributed by atoms with Gasteiger partial charge < -0.3 is 11.1 Å². The van der Waals surface area contributed by atoms with E-state index in [1.54, 1.807) is 35.3 Å². The van der Waals surface area contributed by atoms with Crippen molar-refractivity contribution in [3.8, 4) is 0 Å². The monoisotopic (exact) mass is 338 g/mol. The van der Waals surface area contributed by atoms with Crippen LogP contribution in [-0.4, -0.2) is 17.6 Å². The minimum absolute atomic E-state index is 0.148. The lowest BCUT2D eigenvalue weighted by molar-refractivity contribution is -0.116. The number of carbonyl (C=O) groups excluding carboxylic acids is 2. The zero-order chi connectivity index (χ0) is 15.9. The predicted octanol–water partition coefficient (Wildman–Crippen LogP) is 3.50. The Kier molecular flexibility index (Phi) is 5.97. The predicted molar refractivity (Wildman–Crippen MR) is 87.8 cm³/mol. The first-order valence-corrected chi connectivity index (χ1v) is 8.48. The van der Waals surface area contributed by atoms with Crippen LogP contribution in [0.1, 0.15) is 23.2 Å². The fourth-order valence-corrected chi connectivity index (χ4v) is 3.40. The lowest BCUT2D eigenvalue weighted by Crippen LogP contribution is -2.16. The van der Waals surface area contributed by atoms with E-state index in [-0.39, 0.29) is 11.7 Å². The van der Waals surface area contributed by atoms with Crippen molar-refractivity contribution in [1.82, 2.24) is 0 Å². The van der Waals surface area contributed by atoms with E-state index in [9.17, 15) is 14.0 Å². The molecule has 0 unspecified atom stereocenters. The molecule has 2 amide bonds. The highest BCUT2D eigenvalue weighted by Gasteiger charge is 2.12. The first-order valence-electron chi connectivity index (χ1n) is 6.62. The van der Waals surface area contributed by atoms with Crippen LogP contribution in [0.25, 0.3) is 0 Å². The van der Waals surface area contributed by atoms with Crippen LogP contribution in [0.4, 0.5) is 9.39 Å². The molecule has 0 atom stereocenters. The van der Waals surface area contributed by atoms with Gasteiger partial charge in [0.25, 0.3) is 5.91 Å². The normalized spacial score (nSPS) is 10.4. The molecule has 7 heteroatoms. The summed E-state index contributed by atoms with van der Waals surface area (Å²) in [5.74, 6) is -0.204. The number of benzene rings is 1. The smallest absolute Gasteiger partial charge is 0.251 e. The molecule has 22 heavy (non-hydrogen) atoms. The molecule has 2 rings (SSSR count). The molecule has 0 bridgehead atoms. The van der Waals surface area contributed by atoms with E-state index < -0.39 is 5.91 Å². The Bertz CT molecular complexity index is 656. The molecule has 0 fully saturated rings. The standard InChI is InChI=1S/C15H15FN2O2S2/c16-10-3-5-11(6-4-10)21-8-1-2-13(19)18-15-12(14(17)20)7-9-22-15/h3-7,9H,1-2,8H2,(H2,17,20)(H,18,19). The maximum atomic E-state index is 12.8.